The van der Waals surface area contributed by atoms with E-state index in [4.69, 9.17) is 0 Å². The summed E-state index contributed by atoms with van der Waals surface area (Å²) in [7, 11) is 0.358. The third-order valence-corrected chi connectivity index (χ3v) is 6.64. The second-order valence-electron chi connectivity index (χ2n) is 4.59. The Kier molecular flexibility index (Phi) is 17.3. The maximum atomic E-state index is 2.40. The van der Waals surface area contributed by atoms with E-state index in [2.05, 4.69) is 27.7 Å². The maximum Gasteiger partial charge on any atom is -0.0212 e. The molecule has 0 aromatic rings. The van der Waals surface area contributed by atoms with Gasteiger partial charge in [0, 0.05) is 0 Å². The lowest BCUT2D eigenvalue weighted by molar-refractivity contribution is 0.701. The number of halogens is 1. The molecule has 0 saturated carbocycles. The summed E-state index contributed by atoms with van der Waals surface area (Å²) >= 11 is 0. The predicted octanol–water partition coefficient (Wildman–Crippen LogP) is 6.27. The van der Waals surface area contributed by atoms with Gasteiger partial charge in [-0.05, 0) is 43.7 Å². The molecular formula is C14H32IP. The summed E-state index contributed by atoms with van der Waals surface area (Å²) in [5.41, 5.74) is 1.07. The molecule has 0 aliphatic carbocycles. The topological polar surface area (TPSA) is 0 Å². The molecule has 2 heteroatoms. The van der Waals surface area contributed by atoms with Crippen LogP contribution in [0.1, 0.15) is 72.6 Å². The minimum absolute atomic E-state index is 0. The Morgan fingerprint density at radius 1 is 0.812 bits per heavy atom. The Balaban J connectivity index is 0. The first-order valence-corrected chi connectivity index (χ1v) is 8.82. The molecule has 16 heavy (non-hydrogen) atoms. The van der Waals surface area contributed by atoms with E-state index in [0.717, 1.165) is 5.66 Å². The average molecular weight is 358 g/mol. The van der Waals surface area contributed by atoms with Gasteiger partial charge >= 0.3 is 0 Å². The van der Waals surface area contributed by atoms with Gasteiger partial charge in [0.05, 0.1) is 0 Å². The van der Waals surface area contributed by atoms with Crippen LogP contribution in [-0.2, 0) is 0 Å². The van der Waals surface area contributed by atoms with Crippen LogP contribution in [0.15, 0.2) is 0 Å². The highest BCUT2D eigenvalue weighted by Gasteiger charge is 2.17. The highest BCUT2D eigenvalue weighted by atomic mass is 127. The van der Waals surface area contributed by atoms with Gasteiger partial charge in [-0.25, -0.2) is 0 Å². The summed E-state index contributed by atoms with van der Waals surface area (Å²) in [6.45, 7) is 9.39. The van der Waals surface area contributed by atoms with Crippen molar-refractivity contribution in [2.75, 3.05) is 12.3 Å². The first-order chi connectivity index (χ1) is 7.29. The van der Waals surface area contributed by atoms with E-state index in [9.17, 15) is 0 Å². The van der Waals surface area contributed by atoms with E-state index >= 15 is 0 Å². The van der Waals surface area contributed by atoms with Crippen LogP contribution in [0.25, 0.3) is 0 Å². The minimum Gasteiger partial charge on any atom is -0.107 e. The molecular weight excluding hydrogens is 326 g/mol. The first kappa shape index (κ1) is 19.5. The van der Waals surface area contributed by atoms with Gasteiger partial charge in [0.25, 0.3) is 0 Å². The van der Waals surface area contributed by atoms with E-state index in [1.807, 2.05) is 0 Å². The van der Waals surface area contributed by atoms with E-state index < -0.39 is 0 Å². The fraction of sp³-hybridized carbons (Fsp3) is 1.00. The molecule has 0 saturated heterocycles. The van der Waals surface area contributed by atoms with Gasteiger partial charge in [-0.2, -0.15) is 0 Å². The maximum absolute atomic E-state index is 2.40. The molecule has 0 aromatic carbocycles. The molecule has 0 spiro atoms. The van der Waals surface area contributed by atoms with Crippen LogP contribution < -0.4 is 0 Å². The highest BCUT2D eigenvalue weighted by Crippen LogP contribution is 2.46. The second-order valence-corrected chi connectivity index (χ2v) is 7.40. The molecule has 0 aliphatic rings. The van der Waals surface area contributed by atoms with E-state index in [1.165, 1.54) is 44.9 Å². The quantitative estimate of drug-likeness (QED) is 0.319. The molecule has 0 fully saturated rings. The lowest BCUT2D eigenvalue weighted by atomic mass is 10.2. The molecule has 0 N–H and O–H groups in total. The number of hydrogen-bond donors (Lipinski definition) is 0. The van der Waals surface area contributed by atoms with Crippen molar-refractivity contribution < 1.29 is 0 Å². The van der Waals surface area contributed by atoms with Crippen LogP contribution in [0.5, 0.6) is 0 Å². The third kappa shape index (κ3) is 9.22. The van der Waals surface area contributed by atoms with Crippen LogP contribution in [0.2, 0.25) is 0 Å². The largest absolute Gasteiger partial charge is 0.107 e. The molecule has 0 rings (SSSR count). The lowest BCUT2D eigenvalue weighted by Crippen LogP contribution is -2.08. The summed E-state index contributed by atoms with van der Waals surface area (Å²) < 4.78 is 0. The van der Waals surface area contributed by atoms with E-state index in [-0.39, 0.29) is 24.0 Å². The zero-order chi connectivity index (χ0) is 11.5. The van der Waals surface area contributed by atoms with Gasteiger partial charge in [0.1, 0.15) is 0 Å². The first-order valence-electron chi connectivity index (χ1n) is 7.04. The number of unbranched alkanes of at least 4 members (excludes halogenated alkanes) is 2. The Bertz CT molecular complexity index is 120. The smallest absolute Gasteiger partial charge is 0.0212 e. The van der Waals surface area contributed by atoms with Crippen molar-refractivity contribution in [2.45, 2.75) is 78.3 Å². The molecule has 1 unspecified atom stereocenters. The second kappa shape index (κ2) is 14.2. The van der Waals surface area contributed by atoms with Gasteiger partial charge in [-0.1, -0.05) is 47.0 Å². The third-order valence-electron chi connectivity index (χ3n) is 3.21. The monoisotopic (exact) mass is 358 g/mol. The van der Waals surface area contributed by atoms with Crippen LogP contribution in [0, 0.1) is 0 Å². The van der Waals surface area contributed by atoms with Gasteiger partial charge in [-0.3, -0.25) is 0 Å². The van der Waals surface area contributed by atoms with Crippen LogP contribution in [0.4, 0.5) is 0 Å². The van der Waals surface area contributed by atoms with Gasteiger partial charge in [0.2, 0.25) is 0 Å². The summed E-state index contributed by atoms with van der Waals surface area (Å²) in [6.07, 6.45) is 13.1. The zero-order valence-electron chi connectivity index (χ0n) is 11.8. The Hall–Kier alpha value is 1.16. The Labute approximate surface area is 122 Å². The summed E-state index contributed by atoms with van der Waals surface area (Å²) in [6, 6.07) is 0. The van der Waals surface area contributed by atoms with E-state index in [1.54, 1.807) is 12.3 Å². The van der Waals surface area contributed by atoms with Crippen molar-refractivity contribution in [3.8, 4) is 0 Å². The summed E-state index contributed by atoms with van der Waals surface area (Å²) in [4.78, 5) is 0. The molecule has 0 aliphatic heterocycles. The molecule has 0 bridgehead atoms. The fourth-order valence-electron chi connectivity index (χ4n) is 2.18. The van der Waals surface area contributed by atoms with Crippen molar-refractivity contribution in [3.05, 3.63) is 0 Å². The zero-order valence-corrected chi connectivity index (χ0v) is 15.0. The SMILES string of the molecule is CCCCP(CCCC)C(CC)CCC.I. The van der Waals surface area contributed by atoms with Gasteiger partial charge in [0.15, 0.2) is 0 Å². The fourth-order valence-corrected chi connectivity index (χ4v) is 5.72. The highest BCUT2D eigenvalue weighted by molar-refractivity contribution is 14.0. The lowest BCUT2D eigenvalue weighted by Gasteiger charge is -2.26. The van der Waals surface area contributed by atoms with Gasteiger partial charge < -0.3 is 0 Å². The minimum atomic E-state index is 0. The average Bonchev–Trinajstić information content (AvgIpc) is 2.27. The molecule has 0 heterocycles. The van der Waals surface area contributed by atoms with Crippen LogP contribution in [-0.4, -0.2) is 18.0 Å². The molecule has 0 nitrogen and oxygen atoms in total. The Morgan fingerprint density at radius 2 is 1.31 bits per heavy atom. The molecule has 0 aromatic heterocycles. The van der Waals surface area contributed by atoms with Crippen LogP contribution >= 0.6 is 31.9 Å². The van der Waals surface area contributed by atoms with Crippen molar-refractivity contribution in [1.29, 1.82) is 0 Å². The van der Waals surface area contributed by atoms with Crippen molar-refractivity contribution >= 4 is 31.9 Å². The predicted molar refractivity (Wildman–Crippen MR) is 90.9 cm³/mol. The van der Waals surface area contributed by atoms with Gasteiger partial charge in [-0.15, -0.1) is 31.9 Å². The summed E-state index contributed by atoms with van der Waals surface area (Å²) in [5.74, 6) is 0. The summed E-state index contributed by atoms with van der Waals surface area (Å²) in [5, 5.41) is 0. The van der Waals surface area contributed by atoms with Crippen molar-refractivity contribution in [1.82, 2.24) is 0 Å². The number of hydrogen-bond acceptors (Lipinski definition) is 0. The molecule has 100 valence electrons. The Morgan fingerprint density at radius 3 is 1.62 bits per heavy atom. The van der Waals surface area contributed by atoms with Crippen molar-refractivity contribution in [3.63, 3.8) is 0 Å². The molecule has 0 amide bonds. The molecule has 0 radical (unpaired) electrons. The van der Waals surface area contributed by atoms with Crippen LogP contribution in [0.3, 0.4) is 0 Å². The normalized spacial score (nSPS) is 12.6. The standard InChI is InChI=1S/C14H31P.HI/c1-5-9-12-15(13-10-6-2)14(8-4)11-7-3;/h14H,5-13H2,1-4H3;1H. The number of rotatable bonds is 10. The van der Waals surface area contributed by atoms with E-state index in [0.29, 0.717) is 7.92 Å². The van der Waals surface area contributed by atoms with Crippen molar-refractivity contribution in [2.24, 2.45) is 0 Å². The molecule has 1 atom stereocenters.